The van der Waals surface area contributed by atoms with Gasteiger partial charge in [0.1, 0.15) is 5.52 Å². The predicted octanol–water partition coefficient (Wildman–Crippen LogP) is 3.85. The summed E-state index contributed by atoms with van der Waals surface area (Å²) in [6.07, 6.45) is 0. The zero-order chi connectivity index (χ0) is 15.0. The van der Waals surface area contributed by atoms with Crippen LogP contribution in [0.2, 0.25) is 0 Å². The van der Waals surface area contributed by atoms with E-state index in [1.807, 2.05) is 30.3 Å². The molecule has 0 aliphatic carbocycles. The lowest BCUT2D eigenvalue weighted by Crippen LogP contribution is -2.16. The van der Waals surface area contributed by atoms with Crippen molar-refractivity contribution >= 4 is 22.6 Å². The maximum atomic E-state index is 6.03. The summed E-state index contributed by atoms with van der Waals surface area (Å²) < 4.78 is 1.76. The Morgan fingerprint density at radius 2 is 1.90 bits per heavy atom. The molecule has 108 valence electrons. The van der Waals surface area contributed by atoms with Crippen molar-refractivity contribution < 1.29 is 0 Å². The third-order valence-electron chi connectivity index (χ3n) is 3.36. The van der Waals surface area contributed by atoms with Crippen molar-refractivity contribution in [2.75, 3.05) is 0 Å². The molecule has 0 radical (unpaired) electrons. The minimum atomic E-state index is -0.0484. The summed E-state index contributed by atoms with van der Waals surface area (Å²) in [6.45, 7) is 6.41. The molecule has 0 aliphatic heterocycles. The van der Waals surface area contributed by atoms with Gasteiger partial charge in [-0.05, 0) is 29.8 Å². The topological polar surface area (TPSA) is 43.6 Å². The van der Waals surface area contributed by atoms with Crippen LogP contribution in [0.3, 0.4) is 0 Å². The second kappa shape index (κ2) is 5.11. The summed E-state index contributed by atoms with van der Waals surface area (Å²) in [7, 11) is 0. The number of pyridine rings is 1. The molecule has 0 aliphatic rings. The van der Waals surface area contributed by atoms with Crippen LogP contribution >= 0.6 is 11.6 Å². The van der Waals surface area contributed by atoms with E-state index in [4.69, 9.17) is 16.6 Å². The molecule has 3 rings (SSSR count). The summed E-state index contributed by atoms with van der Waals surface area (Å²) in [6, 6.07) is 11.9. The molecule has 0 unspecified atom stereocenters. The van der Waals surface area contributed by atoms with Gasteiger partial charge in [-0.3, -0.25) is 0 Å². The average Bonchev–Trinajstić information content (AvgIpc) is 2.89. The van der Waals surface area contributed by atoms with Gasteiger partial charge in [0.25, 0.3) is 0 Å². The van der Waals surface area contributed by atoms with Crippen molar-refractivity contribution in [2.24, 2.45) is 0 Å². The maximum Gasteiger partial charge on any atom is 0.156 e. The van der Waals surface area contributed by atoms with E-state index >= 15 is 0 Å². The molecule has 0 N–H and O–H groups in total. The molecular formula is C16H17ClN4. The lowest BCUT2D eigenvalue weighted by Gasteiger charge is -2.19. The van der Waals surface area contributed by atoms with Crippen LogP contribution in [0.15, 0.2) is 36.4 Å². The van der Waals surface area contributed by atoms with Crippen LogP contribution in [0.4, 0.5) is 0 Å². The lowest BCUT2D eigenvalue weighted by molar-refractivity contribution is 0.565. The second-order valence-corrected chi connectivity index (χ2v) is 6.36. The van der Waals surface area contributed by atoms with E-state index in [2.05, 4.69) is 37.1 Å². The molecule has 5 heteroatoms. The van der Waals surface area contributed by atoms with E-state index in [1.165, 1.54) is 0 Å². The van der Waals surface area contributed by atoms with Crippen molar-refractivity contribution in [1.29, 1.82) is 0 Å². The van der Waals surface area contributed by atoms with Gasteiger partial charge in [-0.15, -0.1) is 16.7 Å². The summed E-state index contributed by atoms with van der Waals surface area (Å²) in [5.74, 6) is 1.21. The third-order valence-corrected chi connectivity index (χ3v) is 3.67. The van der Waals surface area contributed by atoms with Gasteiger partial charge in [0.15, 0.2) is 5.82 Å². The van der Waals surface area contributed by atoms with Gasteiger partial charge in [-0.25, -0.2) is 4.98 Å². The van der Waals surface area contributed by atoms with E-state index in [0.717, 1.165) is 28.1 Å². The fourth-order valence-corrected chi connectivity index (χ4v) is 2.33. The molecule has 0 amide bonds. The predicted molar refractivity (Wildman–Crippen MR) is 84.9 cm³/mol. The Morgan fingerprint density at radius 1 is 1.14 bits per heavy atom. The molecule has 3 aromatic rings. The van der Waals surface area contributed by atoms with Crippen LogP contribution in [-0.2, 0) is 11.3 Å². The van der Waals surface area contributed by atoms with Crippen LogP contribution in [0.5, 0.6) is 0 Å². The molecule has 21 heavy (non-hydrogen) atoms. The van der Waals surface area contributed by atoms with Gasteiger partial charge in [0.05, 0.1) is 5.52 Å². The van der Waals surface area contributed by atoms with E-state index < -0.39 is 0 Å². The number of halogens is 1. The van der Waals surface area contributed by atoms with Gasteiger partial charge in [0, 0.05) is 17.0 Å². The molecule has 4 nitrogen and oxygen atoms in total. The summed E-state index contributed by atoms with van der Waals surface area (Å²) >= 11 is 6.03. The Hall–Kier alpha value is -1.94. The zero-order valence-corrected chi connectivity index (χ0v) is 13.1. The molecule has 0 saturated carbocycles. The first kappa shape index (κ1) is 14.0. The number of alkyl halides is 1. The van der Waals surface area contributed by atoms with Crippen LogP contribution in [0.25, 0.3) is 16.9 Å². The SMILES string of the molecule is CC(C)(C)c1cc(CCl)cc(-n2nnc3ccccc32)n1. The summed E-state index contributed by atoms with van der Waals surface area (Å²) in [5.41, 5.74) is 3.78. The molecule has 0 saturated heterocycles. The molecule has 2 aromatic heterocycles. The van der Waals surface area contributed by atoms with Gasteiger partial charge in [-0.1, -0.05) is 38.1 Å². The molecule has 0 atom stereocenters. The van der Waals surface area contributed by atoms with E-state index in [9.17, 15) is 0 Å². The monoisotopic (exact) mass is 300 g/mol. The van der Waals surface area contributed by atoms with Gasteiger partial charge >= 0.3 is 0 Å². The quantitative estimate of drug-likeness (QED) is 0.675. The molecule has 0 fully saturated rings. The number of hydrogen-bond donors (Lipinski definition) is 0. The number of nitrogens with zero attached hydrogens (tertiary/aromatic N) is 4. The first-order chi connectivity index (χ1) is 9.99. The number of hydrogen-bond acceptors (Lipinski definition) is 3. The first-order valence-corrected chi connectivity index (χ1v) is 7.41. The zero-order valence-electron chi connectivity index (χ0n) is 12.3. The Bertz CT molecular complexity index is 786. The largest absolute Gasteiger partial charge is 0.233 e. The Labute approximate surface area is 128 Å². The van der Waals surface area contributed by atoms with Gasteiger partial charge < -0.3 is 0 Å². The highest BCUT2D eigenvalue weighted by Gasteiger charge is 2.18. The first-order valence-electron chi connectivity index (χ1n) is 6.87. The Kier molecular flexibility index (Phi) is 3.41. The molecular weight excluding hydrogens is 284 g/mol. The second-order valence-electron chi connectivity index (χ2n) is 6.09. The van der Waals surface area contributed by atoms with Gasteiger partial charge in [-0.2, -0.15) is 4.68 Å². The van der Waals surface area contributed by atoms with Crippen LogP contribution in [0.1, 0.15) is 32.0 Å². The van der Waals surface area contributed by atoms with Crippen LogP contribution < -0.4 is 0 Å². The van der Waals surface area contributed by atoms with E-state index in [-0.39, 0.29) is 5.41 Å². The van der Waals surface area contributed by atoms with E-state index in [0.29, 0.717) is 5.88 Å². The number of para-hydroxylation sites is 1. The minimum Gasteiger partial charge on any atom is -0.233 e. The highest BCUT2D eigenvalue weighted by atomic mass is 35.5. The van der Waals surface area contributed by atoms with Gasteiger partial charge in [0.2, 0.25) is 0 Å². The third kappa shape index (κ3) is 2.63. The average molecular weight is 301 g/mol. The number of benzene rings is 1. The molecule has 1 aromatic carbocycles. The van der Waals surface area contributed by atoms with Crippen molar-refractivity contribution in [2.45, 2.75) is 32.1 Å². The normalized spacial score (nSPS) is 12.0. The van der Waals surface area contributed by atoms with E-state index in [1.54, 1.807) is 4.68 Å². The molecule has 0 bridgehead atoms. The van der Waals surface area contributed by atoms with Crippen LogP contribution in [-0.4, -0.2) is 20.0 Å². The number of aromatic nitrogens is 4. The summed E-state index contributed by atoms with van der Waals surface area (Å²) in [5, 5.41) is 8.41. The van der Waals surface area contributed by atoms with Crippen molar-refractivity contribution in [1.82, 2.24) is 20.0 Å². The van der Waals surface area contributed by atoms with Crippen molar-refractivity contribution in [3.63, 3.8) is 0 Å². The van der Waals surface area contributed by atoms with Crippen LogP contribution in [0, 0.1) is 0 Å². The van der Waals surface area contributed by atoms with Crippen molar-refractivity contribution in [3.05, 3.63) is 47.7 Å². The number of fused-ring (bicyclic) bond motifs is 1. The highest BCUT2D eigenvalue weighted by molar-refractivity contribution is 6.17. The summed E-state index contributed by atoms with van der Waals surface area (Å²) in [4.78, 5) is 4.75. The fourth-order valence-electron chi connectivity index (χ4n) is 2.18. The Balaban J connectivity index is 2.22. The number of rotatable bonds is 2. The highest BCUT2D eigenvalue weighted by Crippen LogP contribution is 2.24. The molecule has 2 heterocycles. The minimum absolute atomic E-state index is 0.0484. The lowest BCUT2D eigenvalue weighted by atomic mass is 9.91. The Morgan fingerprint density at radius 3 is 2.62 bits per heavy atom. The van der Waals surface area contributed by atoms with Crippen molar-refractivity contribution in [3.8, 4) is 5.82 Å². The molecule has 0 spiro atoms. The maximum absolute atomic E-state index is 6.03. The standard InChI is InChI=1S/C16H17ClN4/c1-16(2,3)14-8-11(10-17)9-15(18-14)21-13-7-5-4-6-12(13)19-20-21/h4-9H,10H2,1-3H3. The fraction of sp³-hybridized carbons (Fsp3) is 0.312. The smallest absolute Gasteiger partial charge is 0.156 e.